The molecule has 1 heterocycles. The van der Waals surface area contributed by atoms with E-state index < -0.39 is 0 Å². The van der Waals surface area contributed by atoms with Gasteiger partial charge in [0.1, 0.15) is 0 Å². The van der Waals surface area contributed by atoms with Gasteiger partial charge < -0.3 is 15.1 Å². The van der Waals surface area contributed by atoms with Crippen LogP contribution in [-0.4, -0.2) is 48.9 Å². The van der Waals surface area contributed by atoms with E-state index in [1.54, 1.807) is 7.05 Å². The number of amides is 1. The monoisotopic (exact) mass is 492 g/mol. The van der Waals surface area contributed by atoms with Crippen molar-refractivity contribution in [1.82, 2.24) is 15.1 Å². The van der Waals surface area contributed by atoms with Gasteiger partial charge in [-0.1, -0.05) is 48.5 Å². The highest BCUT2D eigenvalue weighted by molar-refractivity contribution is 14.0. The average molecular weight is 492 g/mol. The van der Waals surface area contributed by atoms with Crippen LogP contribution >= 0.6 is 24.0 Å². The molecule has 0 spiro atoms. The molecule has 0 radical (unpaired) electrons. The van der Waals surface area contributed by atoms with E-state index in [2.05, 4.69) is 47.6 Å². The third-order valence-corrected chi connectivity index (χ3v) is 5.12. The molecule has 2 aromatic rings. The van der Waals surface area contributed by atoms with Gasteiger partial charge in [0.2, 0.25) is 5.91 Å². The van der Waals surface area contributed by atoms with Crippen molar-refractivity contribution >= 4 is 35.8 Å². The maximum Gasteiger partial charge on any atom is 0.242 e. The van der Waals surface area contributed by atoms with Gasteiger partial charge in [-0.25, -0.2) is 0 Å². The largest absolute Gasteiger partial charge is 0.347 e. The molecular formula is C22H29IN4O. The summed E-state index contributed by atoms with van der Waals surface area (Å²) in [5.74, 6) is 0.832. The van der Waals surface area contributed by atoms with Gasteiger partial charge in [0.25, 0.3) is 0 Å². The number of nitrogens with one attached hydrogen (secondary N) is 1. The number of nitrogens with zero attached hydrogens (tertiary/aromatic N) is 3. The summed E-state index contributed by atoms with van der Waals surface area (Å²) in [5.41, 5.74) is 5.10. The second-order valence-corrected chi connectivity index (χ2v) is 7.02. The summed E-state index contributed by atoms with van der Waals surface area (Å²) in [6.45, 7) is 4.57. The summed E-state index contributed by atoms with van der Waals surface area (Å²) in [7, 11) is 3.74. The minimum absolute atomic E-state index is 0. The average Bonchev–Trinajstić information content (AvgIpc) is 2.69. The first-order valence-electron chi connectivity index (χ1n) is 9.39. The van der Waals surface area contributed by atoms with Crippen molar-refractivity contribution in [3.63, 3.8) is 0 Å². The van der Waals surface area contributed by atoms with Gasteiger partial charge in [0.05, 0.1) is 6.54 Å². The lowest BCUT2D eigenvalue weighted by molar-refractivity contribution is -0.130. The number of carbonyl (C=O) groups is 1. The molecule has 0 aliphatic carbocycles. The highest BCUT2D eigenvalue weighted by Crippen LogP contribution is 2.18. The van der Waals surface area contributed by atoms with Crippen LogP contribution in [0.25, 0.3) is 0 Å². The number of fused-ring (bicyclic) bond motifs is 1. The number of carbonyl (C=O) groups excluding carboxylic acids is 1. The van der Waals surface area contributed by atoms with Crippen LogP contribution in [-0.2, 0) is 24.3 Å². The number of halogens is 1. The fraction of sp³-hybridized carbons (Fsp3) is 0.364. The molecule has 1 aliphatic rings. The molecule has 0 saturated heterocycles. The SMILES string of the molecule is CN=C(NCC(=O)N1CCc2ccccc2C1)N(C)Cc1ccccc1C.I. The first-order chi connectivity index (χ1) is 13.1. The maximum absolute atomic E-state index is 12.7. The summed E-state index contributed by atoms with van der Waals surface area (Å²) >= 11 is 0. The van der Waals surface area contributed by atoms with E-state index in [1.165, 1.54) is 22.3 Å². The van der Waals surface area contributed by atoms with Crippen LogP contribution in [0.5, 0.6) is 0 Å². The van der Waals surface area contributed by atoms with Crippen LogP contribution in [0.2, 0.25) is 0 Å². The number of hydrogen-bond donors (Lipinski definition) is 1. The zero-order valence-corrected chi connectivity index (χ0v) is 19.1. The lowest BCUT2D eigenvalue weighted by Crippen LogP contribution is -2.46. The molecule has 1 amide bonds. The van der Waals surface area contributed by atoms with Crippen molar-refractivity contribution in [3.8, 4) is 0 Å². The van der Waals surface area contributed by atoms with E-state index in [-0.39, 0.29) is 36.4 Å². The summed E-state index contributed by atoms with van der Waals surface area (Å²) < 4.78 is 0. The molecule has 150 valence electrons. The molecule has 0 unspecified atom stereocenters. The number of aryl methyl sites for hydroxylation is 1. The number of hydrogen-bond acceptors (Lipinski definition) is 2. The fourth-order valence-corrected chi connectivity index (χ4v) is 3.48. The van der Waals surface area contributed by atoms with Crippen LogP contribution in [0.15, 0.2) is 53.5 Å². The molecular weight excluding hydrogens is 463 g/mol. The van der Waals surface area contributed by atoms with Crippen LogP contribution in [0.3, 0.4) is 0 Å². The van der Waals surface area contributed by atoms with Crippen LogP contribution < -0.4 is 5.32 Å². The summed E-state index contributed by atoms with van der Waals surface area (Å²) in [4.78, 5) is 20.9. The Labute approximate surface area is 184 Å². The Morgan fingerprint density at radius 2 is 1.82 bits per heavy atom. The fourth-order valence-electron chi connectivity index (χ4n) is 3.48. The van der Waals surface area contributed by atoms with E-state index in [0.29, 0.717) is 6.54 Å². The Balaban J connectivity index is 0.00000280. The Morgan fingerprint density at radius 1 is 1.14 bits per heavy atom. The molecule has 2 aromatic carbocycles. The zero-order valence-electron chi connectivity index (χ0n) is 16.8. The van der Waals surface area contributed by atoms with Gasteiger partial charge >= 0.3 is 0 Å². The smallest absolute Gasteiger partial charge is 0.242 e. The van der Waals surface area contributed by atoms with Gasteiger partial charge in [-0.15, -0.1) is 24.0 Å². The van der Waals surface area contributed by atoms with Crippen molar-refractivity contribution < 1.29 is 4.79 Å². The van der Waals surface area contributed by atoms with Crippen LogP contribution in [0.4, 0.5) is 0 Å². The Morgan fingerprint density at radius 3 is 2.54 bits per heavy atom. The van der Waals surface area contributed by atoms with E-state index in [1.807, 2.05) is 35.0 Å². The van der Waals surface area contributed by atoms with Crippen LogP contribution in [0.1, 0.15) is 22.3 Å². The van der Waals surface area contributed by atoms with Gasteiger partial charge in [0.15, 0.2) is 5.96 Å². The van der Waals surface area contributed by atoms with E-state index in [9.17, 15) is 4.79 Å². The van der Waals surface area contributed by atoms with Gasteiger partial charge in [0, 0.05) is 33.7 Å². The molecule has 1 aliphatic heterocycles. The van der Waals surface area contributed by atoms with Crippen LogP contribution in [0, 0.1) is 6.92 Å². The topological polar surface area (TPSA) is 47.9 Å². The highest BCUT2D eigenvalue weighted by atomic mass is 127. The molecule has 0 atom stereocenters. The van der Waals surface area contributed by atoms with Crippen molar-refractivity contribution in [2.75, 3.05) is 27.2 Å². The highest BCUT2D eigenvalue weighted by Gasteiger charge is 2.20. The third kappa shape index (κ3) is 5.47. The van der Waals surface area contributed by atoms with Gasteiger partial charge in [-0.3, -0.25) is 9.79 Å². The van der Waals surface area contributed by atoms with Gasteiger partial charge in [-0.2, -0.15) is 0 Å². The molecule has 28 heavy (non-hydrogen) atoms. The lowest BCUT2D eigenvalue weighted by atomic mass is 10.00. The van der Waals surface area contributed by atoms with E-state index in [0.717, 1.165) is 25.5 Å². The summed E-state index contributed by atoms with van der Waals surface area (Å²) in [5, 5.41) is 3.21. The van der Waals surface area contributed by atoms with Gasteiger partial charge in [-0.05, 0) is 35.6 Å². The Bertz CT molecular complexity index is 837. The quantitative estimate of drug-likeness (QED) is 0.405. The number of guanidine groups is 1. The predicted molar refractivity (Wildman–Crippen MR) is 125 cm³/mol. The predicted octanol–water partition coefficient (Wildman–Crippen LogP) is 3.21. The molecule has 6 heteroatoms. The normalized spacial score (nSPS) is 13.4. The molecule has 3 rings (SSSR count). The number of aliphatic imine (C=N–C) groups is 1. The third-order valence-electron chi connectivity index (χ3n) is 5.12. The molecule has 0 fully saturated rings. The second kappa shape index (κ2) is 10.5. The summed E-state index contributed by atoms with van der Waals surface area (Å²) in [6.07, 6.45) is 0.920. The van der Waals surface area contributed by atoms with Crippen molar-refractivity contribution in [2.24, 2.45) is 4.99 Å². The molecule has 5 nitrogen and oxygen atoms in total. The first-order valence-corrected chi connectivity index (χ1v) is 9.39. The van der Waals surface area contributed by atoms with Crippen molar-refractivity contribution in [1.29, 1.82) is 0 Å². The lowest BCUT2D eigenvalue weighted by Gasteiger charge is -2.30. The van der Waals surface area contributed by atoms with Crippen molar-refractivity contribution in [3.05, 3.63) is 70.8 Å². The van der Waals surface area contributed by atoms with E-state index in [4.69, 9.17) is 0 Å². The molecule has 0 bridgehead atoms. The molecule has 0 aromatic heterocycles. The van der Waals surface area contributed by atoms with Crippen molar-refractivity contribution in [2.45, 2.75) is 26.4 Å². The number of benzene rings is 2. The Kier molecular flexibility index (Phi) is 8.29. The molecule has 0 saturated carbocycles. The maximum atomic E-state index is 12.7. The first kappa shape index (κ1) is 22.2. The zero-order chi connectivity index (χ0) is 19.2. The molecule has 1 N–H and O–H groups in total. The van der Waals surface area contributed by atoms with E-state index >= 15 is 0 Å². The minimum Gasteiger partial charge on any atom is -0.347 e. The number of rotatable bonds is 4. The standard InChI is InChI=1S/C22H28N4O.HI/c1-17-8-4-5-10-19(17)15-25(3)22(23-2)24-14-21(27)26-13-12-18-9-6-7-11-20(18)16-26;/h4-11H,12-16H2,1-3H3,(H,23,24);1H. The summed E-state index contributed by atoms with van der Waals surface area (Å²) in [6, 6.07) is 16.7. The Hall–Kier alpha value is -2.09. The minimum atomic E-state index is 0. The second-order valence-electron chi connectivity index (χ2n) is 7.02.